The molecule has 0 aliphatic heterocycles. The van der Waals surface area contributed by atoms with Gasteiger partial charge in [-0.3, -0.25) is 4.79 Å². The number of carboxylic acids is 1. The Morgan fingerprint density at radius 3 is 2.64 bits per heavy atom. The van der Waals surface area contributed by atoms with Crippen LogP contribution in [0.2, 0.25) is 0 Å². The Kier molecular flexibility index (Phi) is 8.21. The molecule has 0 spiro atoms. The van der Waals surface area contributed by atoms with Crippen LogP contribution in [-0.4, -0.2) is 35.2 Å². The minimum absolute atomic E-state index is 0.177. The van der Waals surface area contributed by atoms with Gasteiger partial charge in [0.15, 0.2) is 6.10 Å². The largest absolute Gasteiger partial charge is 0.496 e. The fraction of sp³-hybridized carbons (Fsp3) is 0.240. The number of carboxylic acid groups (broad SMARTS) is 1. The highest BCUT2D eigenvalue weighted by atomic mass is 32.1. The number of allylic oxidation sites excluding steroid dienone is 1. The van der Waals surface area contributed by atoms with Crippen LogP contribution in [-0.2, 0) is 22.5 Å². The van der Waals surface area contributed by atoms with Crippen molar-refractivity contribution in [3.05, 3.63) is 82.6 Å². The van der Waals surface area contributed by atoms with Gasteiger partial charge in [-0.15, -0.1) is 11.3 Å². The molecule has 0 fully saturated rings. The van der Waals surface area contributed by atoms with Crippen LogP contribution < -0.4 is 10.1 Å². The smallest absolute Gasteiger partial charge is 0.345 e. The first-order chi connectivity index (χ1) is 15.9. The van der Waals surface area contributed by atoms with Crippen LogP contribution in [0.15, 0.2) is 60.9 Å². The number of carbonyl (C=O) groups excluding carboxylic acids is 1. The van der Waals surface area contributed by atoms with Crippen LogP contribution in [0.1, 0.15) is 33.4 Å². The van der Waals surface area contributed by atoms with Crippen LogP contribution >= 0.6 is 11.3 Å². The van der Waals surface area contributed by atoms with Gasteiger partial charge >= 0.3 is 5.97 Å². The van der Waals surface area contributed by atoms with E-state index < -0.39 is 12.1 Å². The molecule has 1 atom stereocenters. The number of methoxy groups -OCH3 is 1. The number of amides is 1. The first-order valence-electron chi connectivity index (χ1n) is 10.4. The van der Waals surface area contributed by atoms with Crippen molar-refractivity contribution in [3.63, 3.8) is 0 Å². The molecule has 2 N–H and O–H groups in total. The standard InChI is InChI=1S/C25H26N2O5S/c1-4-12-32-21(25(29)30)14-17-10-11-20(31-3)19(13-17)15-26-23(28)22-16(2)33-24(27-22)18-8-6-5-7-9-18/h4-13,21H,14-15H2,1-3H3,(H,26,28)(H,29,30)/b12-4+. The van der Waals surface area contributed by atoms with Crippen LogP contribution in [0, 0.1) is 6.92 Å². The molecule has 172 valence electrons. The van der Waals surface area contributed by atoms with Crippen LogP contribution in [0.3, 0.4) is 0 Å². The number of aryl methyl sites for hydroxylation is 1. The minimum Gasteiger partial charge on any atom is -0.496 e. The second kappa shape index (κ2) is 11.3. The summed E-state index contributed by atoms with van der Waals surface area (Å²) in [5, 5.41) is 13.1. The van der Waals surface area contributed by atoms with E-state index in [2.05, 4.69) is 10.3 Å². The zero-order chi connectivity index (χ0) is 23.8. The van der Waals surface area contributed by atoms with Gasteiger partial charge in [0.2, 0.25) is 0 Å². The number of carbonyl (C=O) groups is 2. The molecule has 0 aliphatic rings. The van der Waals surface area contributed by atoms with Crippen LogP contribution in [0.5, 0.6) is 5.75 Å². The number of ether oxygens (including phenoxy) is 2. The van der Waals surface area contributed by atoms with Gasteiger partial charge in [-0.2, -0.15) is 0 Å². The number of thiazole rings is 1. The fourth-order valence-corrected chi connectivity index (χ4v) is 4.16. The third kappa shape index (κ3) is 6.20. The molecule has 3 rings (SSSR count). The second-order valence-electron chi connectivity index (χ2n) is 7.26. The highest BCUT2D eigenvalue weighted by Crippen LogP contribution is 2.27. The first kappa shape index (κ1) is 24.0. The topological polar surface area (TPSA) is 97.8 Å². The normalized spacial score (nSPS) is 11.8. The summed E-state index contributed by atoms with van der Waals surface area (Å²) in [6, 6.07) is 15.1. The van der Waals surface area contributed by atoms with E-state index in [0.717, 1.165) is 26.6 Å². The van der Waals surface area contributed by atoms with Gasteiger partial charge in [0.1, 0.15) is 16.5 Å². The molecule has 7 nitrogen and oxygen atoms in total. The Bertz CT molecular complexity index is 1140. The number of aliphatic carboxylic acids is 1. The zero-order valence-corrected chi connectivity index (χ0v) is 19.5. The molecule has 1 aromatic heterocycles. The zero-order valence-electron chi connectivity index (χ0n) is 18.7. The number of hydrogen-bond donors (Lipinski definition) is 2. The van der Waals surface area contributed by atoms with E-state index in [-0.39, 0.29) is 18.9 Å². The summed E-state index contributed by atoms with van der Waals surface area (Å²) in [7, 11) is 1.55. The lowest BCUT2D eigenvalue weighted by atomic mass is 10.0. The van der Waals surface area contributed by atoms with Gasteiger partial charge in [-0.1, -0.05) is 48.5 Å². The molecule has 3 aromatic rings. The third-order valence-corrected chi connectivity index (χ3v) is 5.91. The Labute approximate surface area is 196 Å². The van der Waals surface area contributed by atoms with Crippen LogP contribution in [0.4, 0.5) is 0 Å². The van der Waals surface area contributed by atoms with Gasteiger partial charge in [0.25, 0.3) is 5.91 Å². The third-order valence-electron chi connectivity index (χ3n) is 4.89. The number of benzene rings is 2. The van der Waals surface area contributed by atoms with Crippen molar-refractivity contribution >= 4 is 23.2 Å². The van der Waals surface area contributed by atoms with E-state index in [1.807, 2.05) is 43.3 Å². The van der Waals surface area contributed by atoms with Crippen molar-refractivity contribution in [2.45, 2.75) is 32.9 Å². The van der Waals surface area contributed by atoms with E-state index in [1.165, 1.54) is 17.6 Å². The molecular weight excluding hydrogens is 440 g/mol. The predicted octanol–water partition coefficient (Wildman–Crippen LogP) is 4.60. The highest BCUT2D eigenvalue weighted by Gasteiger charge is 2.20. The molecule has 33 heavy (non-hydrogen) atoms. The molecule has 0 aliphatic carbocycles. The summed E-state index contributed by atoms with van der Waals surface area (Å²) in [5.74, 6) is -0.731. The summed E-state index contributed by atoms with van der Waals surface area (Å²) < 4.78 is 10.7. The van der Waals surface area contributed by atoms with Gasteiger partial charge in [-0.05, 0) is 25.5 Å². The monoisotopic (exact) mass is 466 g/mol. The van der Waals surface area contributed by atoms with E-state index in [1.54, 1.807) is 32.2 Å². The lowest BCUT2D eigenvalue weighted by Gasteiger charge is -2.15. The van der Waals surface area contributed by atoms with Crippen molar-refractivity contribution in [3.8, 4) is 16.3 Å². The summed E-state index contributed by atoms with van der Waals surface area (Å²) >= 11 is 1.47. The molecule has 0 saturated heterocycles. The average molecular weight is 467 g/mol. The number of hydrogen-bond acceptors (Lipinski definition) is 6. The van der Waals surface area contributed by atoms with Gasteiger partial charge < -0.3 is 19.9 Å². The maximum atomic E-state index is 12.8. The van der Waals surface area contributed by atoms with E-state index >= 15 is 0 Å². The molecule has 2 aromatic carbocycles. The van der Waals surface area contributed by atoms with Crippen molar-refractivity contribution in [2.75, 3.05) is 7.11 Å². The highest BCUT2D eigenvalue weighted by molar-refractivity contribution is 7.15. The molecule has 0 saturated carbocycles. The Morgan fingerprint density at radius 2 is 1.97 bits per heavy atom. The van der Waals surface area contributed by atoms with Crippen LogP contribution in [0.25, 0.3) is 10.6 Å². The minimum atomic E-state index is -1.05. The van der Waals surface area contributed by atoms with E-state index in [0.29, 0.717) is 11.4 Å². The number of rotatable bonds is 10. The molecular formula is C25H26N2O5S. The second-order valence-corrected chi connectivity index (χ2v) is 8.46. The van der Waals surface area contributed by atoms with Gasteiger partial charge in [0.05, 0.1) is 13.4 Å². The van der Waals surface area contributed by atoms with Crippen molar-refractivity contribution in [1.29, 1.82) is 0 Å². The van der Waals surface area contributed by atoms with Crippen molar-refractivity contribution in [2.24, 2.45) is 0 Å². The SMILES string of the molecule is C/C=C/OC(Cc1ccc(OC)c(CNC(=O)c2nc(-c3ccccc3)sc2C)c1)C(=O)O. The maximum Gasteiger partial charge on any atom is 0.345 e. The van der Waals surface area contributed by atoms with E-state index in [9.17, 15) is 14.7 Å². The average Bonchev–Trinajstić information content (AvgIpc) is 3.22. The fourth-order valence-electron chi connectivity index (χ4n) is 3.25. The number of aromatic nitrogens is 1. The molecule has 0 bridgehead atoms. The van der Waals surface area contributed by atoms with Crippen molar-refractivity contribution in [1.82, 2.24) is 10.3 Å². The molecule has 0 radical (unpaired) electrons. The number of nitrogens with one attached hydrogen (secondary N) is 1. The van der Waals surface area contributed by atoms with Gasteiger partial charge in [0, 0.05) is 29.0 Å². The molecule has 1 heterocycles. The lowest BCUT2D eigenvalue weighted by molar-refractivity contribution is -0.146. The lowest BCUT2D eigenvalue weighted by Crippen LogP contribution is -2.25. The Balaban J connectivity index is 1.74. The quantitative estimate of drug-likeness (QED) is 0.424. The maximum absolute atomic E-state index is 12.8. The summed E-state index contributed by atoms with van der Waals surface area (Å²) in [6.07, 6.45) is 2.17. The van der Waals surface area contributed by atoms with Gasteiger partial charge in [-0.25, -0.2) is 9.78 Å². The molecule has 1 amide bonds. The van der Waals surface area contributed by atoms with Crippen molar-refractivity contribution < 1.29 is 24.2 Å². The first-order valence-corrected chi connectivity index (χ1v) is 11.2. The Morgan fingerprint density at radius 1 is 1.21 bits per heavy atom. The molecule has 1 unspecified atom stereocenters. The summed E-state index contributed by atoms with van der Waals surface area (Å²) in [6.45, 7) is 3.83. The predicted molar refractivity (Wildman–Crippen MR) is 127 cm³/mol. The Hall–Kier alpha value is -3.65. The summed E-state index contributed by atoms with van der Waals surface area (Å²) in [5.41, 5.74) is 2.84. The van der Waals surface area contributed by atoms with E-state index in [4.69, 9.17) is 9.47 Å². The number of nitrogens with zero attached hydrogens (tertiary/aromatic N) is 1. The summed E-state index contributed by atoms with van der Waals surface area (Å²) in [4.78, 5) is 29.7. The molecule has 8 heteroatoms.